The van der Waals surface area contributed by atoms with Crippen molar-refractivity contribution >= 4 is 23.2 Å². The largest absolute Gasteiger partial charge is 0.417 e. The number of likely N-dealkylation sites (N-methyl/N-ethyl adjacent to an activating group) is 1. The number of hydrogen-bond acceptors (Lipinski definition) is 3. The van der Waals surface area contributed by atoms with Gasteiger partial charge in [-0.25, -0.2) is 0 Å². The minimum atomic E-state index is -4.60. The normalized spacial score (nSPS) is 11.3. The first-order valence-electron chi connectivity index (χ1n) is 7.53. The van der Waals surface area contributed by atoms with Gasteiger partial charge in [-0.2, -0.15) is 18.4 Å². The molecule has 0 saturated heterocycles. The van der Waals surface area contributed by atoms with Crippen molar-refractivity contribution in [1.82, 2.24) is 4.90 Å². The van der Waals surface area contributed by atoms with E-state index in [0.29, 0.717) is 12.1 Å². The quantitative estimate of drug-likeness (QED) is 0.840. The molecule has 0 aliphatic heterocycles. The zero-order valence-corrected chi connectivity index (χ0v) is 14.5. The molecular weight excluding hydrogens is 367 g/mol. The van der Waals surface area contributed by atoms with Crippen LogP contribution in [0, 0.1) is 11.3 Å². The van der Waals surface area contributed by atoms with Gasteiger partial charge in [-0.1, -0.05) is 23.7 Å². The summed E-state index contributed by atoms with van der Waals surface area (Å²) in [6.07, 6.45) is -4.60. The van der Waals surface area contributed by atoms with Crippen LogP contribution in [-0.2, 0) is 17.5 Å². The van der Waals surface area contributed by atoms with E-state index < -0.39 is 22.7 Å². The van der Waals surface area contributed by atoms with Crippen LogP contribution < -0.4 is 5.32 Å². The lowest BCUT2D eigenvalue weighted by Crippen LogP contribution is -2.30. The number of carbonyl (C=O) groups excluding carboxylic acids is 1. The Kier molecular flexibility index (Phi) is 6.24. The Morgan fingerprint density at radius 1 is 1.27 bits per heavy atom. The predicted molar refractivity (Wildman–Crippen MR) is 92.6 cm³/mol. The number of nitrogens with zero attached hydrogens (tertiary/aromatic N) is 2. The smallest absolute Gasteiger partial charge is 0.325 e. The lowest BCUT2D eigenvalue weighted by molar-refractivity contribution is -0.137. The highest BCUT2D eigenvalue weighted by Crippen LogP contribution is 2.36. The average molecular weight is 382 g/mol. The fraction of sp³-hybridized carbons (Fsp3) is 0.222. The molecule has 0 aliphatic carbocycles. The zero-order chi connectivity index (χ0) is 19.3. The van der Waals surface area contributed by atoms with Gasteiger partial charge < -0.3 is 5.32 Å². The molecule has 0 aliphatic rings. The molecule has 2 aromatic rings. The number of halogens is 4. The highest BCUT2D eigenvalue weighted by atomic mass is 35.5. The van der Waals surface area contributed by atoms with Gasteiger partial charge in [0, 0.05) is 12.2 Å². The van der Waals surface area contributed by atoms with Crippen LogP contribution in [0.25, 0.3) is 0 Å². The third kappa shape index (κ3) is 5.48. The van der Waals surface area contributed by atoms with Crippen LogP contribution in [0.4, 0.5) is 18.9 Å². The maximum atomic E-state index is 12.9. The fourth-order valence-corrected chi connectivity index (χ4v) is 2.60. The monoisotopic (exact) mass is 381 g/mol. The zero-order valence-electron chi connectivity index (χ0n) is 13.8. The van der Waals surface area contributed by atoms with E-state index >= 15 is 0 Å². The summed E-state index contributed by atoms with van der Waals surface area (Å²) in [5.74, 6) is -0.459. The Bertz CT molecular complexity index is 846. The molecule has 0 heterocycles. The van der Waals surface area contributed by atoms with Gasteiger partial charge in [0.25, 0.3) is 0 Å². The topological polar surface area (TPSA) is 56.1 Å². The van der Waals surface area contributed by atoms with Crippen molar-refractivity contribution < 1.29 is 18.0 Å². The van der Waals surface area contributed by atoms with Gasteiger partial charge >= 0.3 is 6.18 Å². The summed E-state index contributed by atoms with van der Waals surface area (Å²) in [6, 6.07) is 12.2. The second-order valence-corrected chi connectivity index (χ2v) is 6.13. The summed E-state index contributed by atoms with van der Waals surface area (Å²) in [5, 5.41) is 10.9. The predicted octanol–water partition coefficient (Wildman–Crippen LogP) is 4.30. The Labute approximate surface area is 153 Å². The Hall–Kier alpha value is -2.56. The number of benzene rings is 2. The number of hydrogen-bond donors (Lipinski definition) is 1. The second-order valence-electron chi connectivity index (χ2n) is 5.73. The van der Waals surface area contributed by atoms with Crippen LogP contribution in [0.1, 0.15) is 16.7 Å². The molecule has 1 N–H and O–H groups in total. The molecule has 4 nitrogen and oxygen atoms in total. The van der Waals surface area contributed by atoms with Gasteiger partial charge in [0.2, 0.25) is 5.91 Å². The number of anilines is 1. The van der Waals surface area contributed by atoms with Crippen LogP contribution in [0.2, 0.25) is 5.02 Å². The molecular formula is C18H15ClF3N3O. The standard InChI is InChI=1S/C18H15ClF3N3O/c1-25(10-13-4-2-3-12(7-13)9-23)11-17(26)24-14-5-6-16(19)15(8-14)18(20,21)22/h2-8H,10-11H2,1H3,(H,24,26). The molecule has 0 unspecified atom stereocenters. The van der Waals surface area contributed by atoms with Gasteiger partial charge in [0.15, 0.2) is 0 Å². The van der Waals surface area contributed by atoms with E-state index in [1.54, 1.807) is 30.1 Å². The molecule has 2 aromatic carbocycles. The van der Waals surface area contributed by atoms with E-state index in [4.69, 9.17) is 16.9 Å². The third-order valence-electron chi connectivity index (χ3n) is 3.48. The molecule has 0 saturated carbocycles. The summed E-state index contributed by atoms with van der Waals surface area (Å²) in [6.45, 7) is 0.387. The molecule has 0 fully saturated rings. The van der Waals surface area contributed by atoms with E-state index in [9.17, 15) is 18.0 Å². The van der Waals surface area contributed by atoms with E-state index in [1.165, 1.54) is 6.07 Å². The Morgan fingerprint density at radius 3 is 2.65 bits per heavy atom. The molecule has 0 bridgehead atoms. The number of rotatable bonds is 5. The van der Waals surface area contributed by atoms with Crippen LogP contribution in [0.15, 0.2) is 42.5 Å². The molecule has 8 heteroatoms. The Morgan fingerprint density at radius 2 is 2.00 bits per heavy atom. The SMILES string of the molecule is CN(CC(=O)Nc1ccc(Cl)c(C(F)(F)F)c1)Cc1cccc(C#N)c1. The molecule has 0 radical (unpaired) electrons. The van der Waals surface area contributed by atoms with Crippen molar-refractivity contribution in [3.8, 4) is 6.07 Å². The molecule has 0 aromatic heterocycles. The maximum Gasteiger partial charge on any atom is 0.417 e. The first-order valence-corrected chi connectivity index (χ1v) is 7.91. The number of carbonyl (C=O) groups is 1. The van der Waals surface area contributed by atoms with Crippen molar-refractivity contribution in [2.24, 2.45) is 0 Å². The van der Waals surface area contributed by atoms with E-state index in [-0.39, 0.29) is 12.2 Å². The third-order valence-corrected chi connectivity index (χ3v) is 3.81. The van der Waals surface area contributed by atoms with Gasteiger partial charge in [-0.05, 0) is 42.9 Å². The van der Waals surface area contributed by atoms with Gasteiger partial charge in [0.05, 0.1) is 28.8 Å². The number of nitrogens with one attached hydrogen (secondary N) is 1. The van der Waals surface area contributed by atoms with Crippen LogP contribution in [-0.4, -0.2) is 24.4 Å². The minimum Gasteiger partial charge on any atom is -0.325 e. The fourth-order valence-electron chi connectivity index (χ4n) is 2.37. The van der Waals surface area contributed by atoms with Crippen molar-refractivity contribution in [2.75, 3.05) is 18.9 Å². The van der Waals surface area contributed by atoms with E-state index in [2.05, 4.69) is 5.32 Å². The minimum absolute atomic E-state index is 0.0200. The lowest BCUT2D eigenvalue weighted by atomic mass is 10.1. The maximum absolute atomic E-state index is 12.9. The summed E-state index contributed by atoms with van der Waals surface area (Å²) in [5.41, 5.74) is 0.386. The van der Waals surface area contributed by atoms with Crippen LogP contribution >= 0.6 is 11.6 Å². The molecule has 136 valence electrons. The summed E-state index contributed by atoms with van der Waals surface area (Å²) in [7, 11) is 1.70. The summed E-state index contributed by atoms with van der Waals surface area (Å²) >= 11 is 5.55. The molecule has 2 rings (SSSR count). The second kappa shape index (κ2) is 8.21. The summed E-state index contributed by atoms with van der Waals surface area (Å²) in [4.78, 5) is 13.7. The van der Waals surface area contributed by atoms with Crippen LogP contribution in [0.3, 0.4) is 0 Å². The van der Waals surface area contributed by atoms with Crippen LogP contribution in [0.5, 0.6) is 0 Å². The molecule has 26 heavy (non-hydrogen) atoms. The lowest BCUT2D eigenvalue weighted by Gasteiger charge is -2.17. The van der Waals surface area contributed by atoms with Crippen molar-refractivity contribution in [2.45, 2.75) is 12.7 Å². The first kappa shape index (κ1) is 19.8. The van der Waals surface area contributed by atoms with Gasteiger partial charge in [-0.3, -0.25) is 9.69 Å². The van der Waals surface area contributed by atoms with Crippen molar-refractivity contribution in [3.63, 3.8) is 0 Å². The highest BCUT2D eigenvalue weighted by Gasteiger charge is 2.33. The first-order chi connectivity index (χ1) is 12.2. The van der Waals surface area contributed by atoms with Crippen molar-refractivity contribution in [3.05, 3.63) is 64.2 Å². The van der Waals surface area contributed by atoms with Gasteiger partial charge in [-0.15, -0.1) is 0 Å². The molecule has 1 amide bonds. The van der Waals surface area contributed by atoms with Crippen molar-refractivity contribution in [1.29, 1.82) is 5.26 Å². The van der Waals surface area contributed by atoms with E-state index in [0.717, 1.165) is 17.7 Å². The average Bonchev–Trinajstić information content (AvgIpc) is 2.55. The number of nitriles is 1. The Balaban J connectivity index is 1.99. The number of alkyl halides is 3. The molecule has 0 atom stereocenters. The number of amides is 1. The van der Waals surface area contributed by atoms with Gasteiger partial charge in [0.1, 0.15) is 0 Å². The highest BCUT2D eigenvalue weighted by molar-refractivity contribution is 6.31. The van der Waals surface area contributed by atoms with E-state index in [1.807, 2.05) is 12.1 Å². The summed E-state index contributed by atoms with van der Waals surface area (Å²) < 4.78 is 38.6. The molecule has 0 spiro atoms.